The zero-order valence-corrected chi connectivity index (χ0v) is 11.4. The Morgan fingerprint density at radius 1 is 1.50 bits per heavy atom. The quantitative estimate of drug-likeness (QED) is 0.819. The SMILES string of the molecule is CC(C)(CNc1ncccc1C#N)NS(C)(=O)=O. The molecule has 1 heterocycles. The lowest BCUT2D eigenvalue weighted by Gasteiger charge is -2.25. The highest BCUT2D eigenvalue weighted by Crippen LogP contribution is 2.12. The van der Waals surface area contributed by atoms with Crippen molar-refractivity contribution < 1.29 is 8.42 Å². The number of aromatic nitrogens is 1. The molecule has 0 aliphatic heterocycles. The molecular formula is C11H16N4O2S. The molecule has 0 amide bonds. The van der Waals surface area contributed by atoms with E-state index in [-0.39, 0.29) is 0 Å². The zero-order valence-electron chi connectivity index (χ0n) is 10.6. The number of hydrogen-bond acceptors (Lipinski definition) is 5. The van der Waals surface area contributed by atoms with Crippen LogP contribution in [-0.4, -0.2) is 31.7 Å². The van der Waals surface area contributed by atoms with E-state index in [1.54, 1.807) is 32.2 Å². The van der Waals surface area contributed by atoms with Crippen molar-refractivity contribution in [2.24, 2.45) is 0 Å². The van der Waals surface area contributed by atoms with Crippen LogP contribution in [0.1, 0.15) is 19.4 Å². The zero-order chi connectivity index (χ0) is 13.8. The molecule has 0 saturated heterocycles. The van der Waals surface area contributed by atoms with Gasteiger partial charge >= 0.3 is 0 Å². The lowest BCUT2D eigenvalue weighted by molar-refractivity contribution is 0.476. The highest BCUT2D eigenvalue weighted by molar-refractivity contribution is 7.88. The van der Waals surface area contributed by atoms with E-state index in [2.05, 4.69) is 15.0 Å². The van der Waals surface area contributed by atoms with Crippen LogP contribution >= 0.6 is 0 Å². The number of anilines is 1. The first-order chi connectivity index (χ1) is 8.23. The topological polar surface area (TPSA) is 94.9 Å². The van der Waals surface area contributed by atoms with Gasteiger partial charge in [0.1, 0.15) is 11.9 Å². The van der Waals surface area contributed by atoms with E-state index in [1.165, 1.54) is 0 Å². The van der Waals surface area contributed by atoms with Crippen LogP contribution in [0.5, 0.6) is 0 Å². The summed E-state index contributed by atoms with van der Waals surface area (Å²) in [5.41, 5.74) is -0.245. The average molecular weight is 268 g/mol. The molecular weight excluding hydrogens is 252 g/mol. The molecule has 1 aromatic rings. The molecule has 0 fully saturated rings. The van der Waals surface area contributed by atoms with E-state index < -0.39 is 15.6 Å². The highest BCUT2D eigenvalue weighted by atomic mass is 32.2. The summed E-state index contributed by atoms with van der Waals surface area (Å²) in [6.07, 6.45) is 2.68. The van der Waals surface area contributed by atoms with E-state index in [4.69, 9.17) is 5.26 Å². The predicted molar refractivity (Wildman–Crippen MR) is 69.5 cm³/mol. The number of nitrogens with zero attached hydrogens (tertiary/aromatic N) is 2. The maximum absolute atomic E-state index is 11.2. The Bertz CT molecular complexity index is 561. The largest absolute Gasteiger partial charge is 0.367 e. The van der Waals surface area contributed by atoms with Crippen molar-refractivity contribution in [2.45, 2.75) is 19.4 Å². The van der Waals surface area contributed by atoms with Gasteiger partial charge in [0.2, 0.25) is 10.0 Å². The maximum Gasteiger partial charge on any atom is 0.209 e. The molecule has 0 aliphatic rings. The van der Waals surface area contributed by atoms with Crippen molar-refractivity contribution in [1.82, 2.24) is 9.71 Å². The smallest absolute Gasteiger partial charge is 0.209 e. The summed E-state index contributed by atoms with van der Waals surface area (Å²) in [5.74, 6) is 0.448. The maximum atomic E-state index is 11.2. The Kier molecular flexibility index (Phi) is 4.27. The second-order valence-electron chi connectivity index (χ2n) is 4.62. The van der Waals surface area contributed by atoms with Gasteiger partial charge in [-0.3, -0.25) is 0 Å². The van der Waals surface area contributed by atoms with Crippen LogP contribution in [-0.2, 0) is 10.0 Å². The summed E-state index contributed by atoms with van der Waals surface area (Å²) < 4.78 is 24.9. The summed E-state index contributed by atoms with van der Waals surface area (Å²) in [6, 6.07) is 5.33. The van der Waals surface area contributed by atoms with Gasteiger partial charge < -0.3 is 5.32 Å². The Morgan fingerprint density at radius 2 is 2.17 bits per heavy atom. The number of pyridine rings is 1. The van der Waals surface area contributed by atoms with Gasteiger partial charge in [-0.05, 0) is 26.0 Å². The third-order valence-electron chi connectivity index (χ3n) is 2.09. The van der Waals surface area contributed by atoms with Crippen LogP contribution in [0.25, 0.3) is 0 Å². The minimum atomic E-state index is -3.28. The van der Waals surface area contributed by atoms with Crippen molar-refractivity contribution in [2.75, 3.05) is 18.1 Å². The number of sulfonamides is 1. The van der Waals surface area contributed by atoms with Crippen molar-refractivity contribution in [3.8, 4) is 6.07 Å². The molecule has 0 unspecified atom stereocenters. The summed E-state index contributed by atoms with van der Waals surface area (Å²) >= 11 is 0. The second-order valence-corrected chi connectivity index (χ2v) is 6.37. The van der Waals surface area contributed by atoms with Crippen LogP contribution in [0.4, 0.5) is 5.82 Å². The van der Waals surface area contributed by atoms with E-state index in [9.17, 15) is 8.42 Å². The molecule has 98 valence electrons. The van der Waals surface area contributed by atoms with Gasteiger partial charge in [-0.2, -0.15) is 5.26 Å². The Balaban J connectivity index is 2.74. The van der Waals surface area contributed by atoms with Crippen LogP contribution in [0.3, 0.4) is 0 Å². The van der Waals surface area contributed by atoms with Crippen LogP contribution < -0.4 is 10.0 Å². The molecule has 18 heavy (non-hydrogen) atoms. The second kappa shape index (κ2) is 5.33. The van der Waals surface area contributed by atoms with Gasteiger partial charge in [-0.1, -0.05) is 0 Å². The molecule has 0 spiro atoms. The molecule has 1 rings (SSSR count). The van der Waals surface area contributed by atoms with Gasteiger partial charge in [-0.25, -0.2) is 18.1 Å². The monoisotopic (exact) mass is 268 g/mol. The highest BCUT2D eigenvalue weighted by Gasteiger charge is 2.22. The van der Waals surface area contributed by atoms with Crippen molar-refractivity contribution >= 4 is 15.8 Å². The van der Waals surface area contributed by atoms with E-state index >= 15 is 0 Å². The van der Waals surface area contributed by atoms with Gasteiger partial charge in [-0.15, -0.1) is 0 Å². The summed E-state index contributed by atoms with van der Waals surface area (Å²) in [7, 11) is -3.28. The molecule has 0 radical (unpaired) electrons. The molecule has 7 heteroatoms. The lowest BCUT2D eigenvalue weighted by Crippen LogP contribution is -2.47. The minimum absolute atomic E-state index is 0.325. The van der Waals surface area contributed by atoms with E-state index in [0.29, 0.717) is 17.9 Å². The third-order valence-corrected chi connectivity index (χ3v) is 3.01. The first-order valence-corrected chi connectivity index (χ1v) is 7.20. The third kappa shape index (κ3) is 4.69. The summed E-state index contributed by atoms with van der Waals surface area (Å²) in [6.45, 7) is 3.82. The fourth-order valence-corrected chi connectivity index (χ4v) is 2.55. The van der Waals surface area contributed by atoms with E-state index in [0.717, 1.165) is 6.26 Å². The molecule has 6 nitrogen and oxygen atoms in total. The summed E-state index contributed by atoms with van der Waals surface area (Å²) in [5, 5.41) is 11.9. The average Bonchev–Trinajstić information content (AvgIpc) is 2.23. The van der Waals surface area contributed by atoms with Crippen LogP contribution in [0.2, 0.25) is 0 Å². The normalized spacial score (nSPS) is 11.9. The fourth-order valence-electron chi connectivity index (χ4n) is 1.48. The van der Waals surface area contributed by atoms with Gasteiger partial charge in [0.05, 0.1) is 11.8 Å². The molecule has 0 bridgehead atoms. The first kappa shape index (κ1) is 14.4. The molecule has 0 atom stereocenters. The fraction of sp³-hybridized carbons (Fsp3) is 0.455. The van der Waals surface area contributed by atoms with E-state index in [1.807, 2.05) is 6.07 Å². The minimum Gasteiger partial charge on any atom is -0.367 e. The number of nitrogens with one attached hydrogen (secondary N) is 2. The van der Waals surface area contributed by atoms with Crippen LogP contribution in [0.15, 0.2) is 18.3 Å². The van der Waals surface area contributed by atoms with Crippen LogP contribution in [0, 0.1) is 11.3 Å². The molecule has 0 aromatic carbocycles. The first-order valence-electron chi connectivity index (χ1n) is 5.31. The molecule has 0 saturated carbocycles. The standard InChI is InChI=1S/C11H16N4O2S/c1-11(2,15-18(3,16)17)8-14-10-9(7-12)5-4-6-13-10/h4-6,15H,8H2,1-3H3,(H,13,14). The number of rotatable bonds is 5. The van der Waals surface area contributed by atoms with Gasteiger partial charge in [0.15, 0.2) is 0 Å². The lowest BCUT2D eigenvalue weighted by atomic mass is 10.1. The molecule has 2 N–H and O–H groups in total. The number of hydrogen-bond donors (Lipinski definition) is 2. The van der Waals surface area contributed by atoms with Crippen molar-refractivity contribution in [3.05, 3.63) is 23.9 Å². The van der Waals surface area contributed by atoms with Gasteiger partial charge in [0.25, 0.3) is 0 Å². The predicted octanol–water partition coefficient (Wildman–Crippen LogP) is 0.693. The molecule has 1 aromatic heterocycles. The number of nitriles is 1. The summed E-state index contributed by atoms with van der Waals surface area (Å²) in [4.78, 5) is 4.04. The molecule has 0 aliphatic carbocycles. The Labute approximate surface area is 107 Å². The van der Waals surface area contributed by atoms with Crippen molar-refractivity contribution in [1.29, 1.82) is 5.26 Å². The van der Waals surface area contributed by atoms with Crippen molar-refractivity contribution in [3.63, 3.8) is 0 Å². The van der Waals surface area contributed by atoms with Gasteiger partial charge in [0, 0.05) is 18.3 Å². The Morgan fingerprint density at radius 3 is 2.72 bits per heavy atom. The Hall–Kier alpha value is -1.65.